The standard InChI is InChI=1S/C27H22F3NO7/c1-15-7-5-9-17(13-15)25(35)37-21(23(32)31-20-12-4-3-11-19(20)27(28,29)30)22(24(33)34)38-26(36)18-10-6-8-16(2)14-18/h3-14,21-22H,1-2H3,(H,31,32)(H,33,34)/t21-,22-/m1/s1. The zero-order chi connectivity index (χ0) is 28.0. The van der Waals surface area contributed by atoms with Gasteiger partial charge in [0, 0.05) is 0 Å². The number of para-hydroxylation sites is 1. The van der Waals surface area contributed by atoms with Gasteiger partial charge in [-0.2, -0.15) is 13.2 Å². The molecule has 3 rings (SSSR count). The Bertz CT molecular complexity index is 1370. The molecule has 0 aliphatic carbocycles. The Morgan fingerprint density at radius 1 is 0.763 bits per heavy atom. The van der Waals surface area contributed by atoms with Crippen LogP contribution in [-0.4, -0.2) is 41.1 Å². The predicted molar refractivity (Wildman–Crippen MR) is 128 cm³/mol. The summed E-state index contributed by atoms with van der Waals surface area (Å²) in [5, 5.41) is 11.7. The lowest BCUT2D eigenvalue weighted by Gasteiger charge is -2.24. The van der Waals surface area contributed by atoms with Crippen LogP contribution < -0.4 is 5.32 Å². The Morgan fingerprint density at radius 3 is 1.74 bits per heavy atom. The Balaban J connectivity index is 1.98. The molecule has 11 heteroatoms. The molecule has 0 bridgehead atoms. The number of aryl methyl sites for hydroxylation is 2. The number of hydrogen-bond donors (Lipinski definition) is 2. The predicted octanol–water partition coefficient (Wildman–Crippen LogP) is 4.80. The molecule has 2 atom stereocenters. The molecule has 0 heterocycles. The highest BCUT2D eigenvalue weighted by molar-refractivity contribution is 6.02. The number of amides is 1. The summed E-state index contributed by atoms with van der Waals surface area (Å²) in [5.41, 5.74) is -0.762. The molecule has 0 aromatic heterocycles. The number of esters is 2. The molecule has 0 radical (unpaired) electrons. The third kappa shape index (κ3) is 6.96. The summed E-state index contributed by atoms with van der Waals surface area (Å²) in [6.07, 6.45) is -9.60. The Hall–Kier alpha value is -4.67. The number of nitrogens with one attached hydrogen (secondary N) is 1. The van der Waals surface area contributed by atoms with Gasteiger partial charge in [0.15, 0.2) is 0 Å². The topological polar surface area (TPSA) is 119 Å². The molecule has 198 valence electrons. The largest absolute Gasteiger partial charge is 0.478 e. The molecule has 3 aromatic carbocycles. The third-order valence-electron chi connectivity index (χ3n) is 5.24. The minimum atomic E-state index is -4.86. The number of halogens is 3. The van der Waals surface area contributed by atoms with Gasteiger partial charge in [-0.15, -0.1) is 0 Å². The average molecular weight is 529 g/mol. The smallest absolute Gasteiger partial charge is 0.418 e. The van der Waals surface area contributed by atoms with Crippen LogP contribution in [0.3, 0.4) is 0 Å². The molecule has 0 saturated heterocycles. The van der Waals surface area contributed by atoms with E-state index in [2.05, 4.69) is 0 Å². The van der Waals surface area contributed by atoms with Gasteiger partial charge in [0.2, 0.25) is 12.2 Å². The molecule has 0 aliphatic rings. The van der Waals surface area contributed by atoms with Crippen LogP contribution in [0.1, 0.15) is 37.4 Å². The summed E-state index contributed by atoms with van der Waals surface area (Å²) in [6, 6.07) is 15.8. The monoisotopic (exact) mass is 529 g/mol. The first-order valence-corrected chi connectivity index (χ1v) is 11.1. The highest BCUT2D eigenvalue weighted by Gasteiger charge is 2.42. The molecule has 0 saturated carbocycles. The van der Waals surface area contributed by atoms with Gasteiger partial charge in [0.25, 0.3) is 5.91 Å². The van der Waals surface area contributed by atoms with E-state index < -0.39 is 53.5 Å². The normalized spacial score (nSPS) is 12.7. The van der Waals surface area contributed by atoms with E-state index in [0.29, 0.717) is 17.2 Å². The fourth-order valence-corrected chi connectivity index (χ4v) is 3.45. The summed E-state index contributed by atoms with van der Waals surface area (Å²) < 4.78 is 50.5. The fraction of sp³-hybridized carbons (Fsp3) is 0.185. The summed E-state index contributed by atoms with van der Waals surface area (Å²) in [4.78, 5) is 50.7. The van der Waals surface area contributed by atoms with E-state index in [1.807, 2.05) is 5.32 Å². The summed E-state index contributed by atoms with van der Waals surface area (Å²) >= 11 is 0. The Labute approximate surface area is 215 Å². The number of anilines is 1. The quantitative estimate of drug-likeness (QED) is 0.403. The van der Waals surface area contributed by atoms with Gasteiger partial charge < -0.3 is 19.9 Å². The number of carbonyl (C=O) groups is 4. The summed E-state index contributed by atoms with van der Waals surface area (Å²) in [6.45, 7) is 3.34. The van der Waals surface area contributed by atoms with Crippen molar-refractivity contribution in [3.8, 4) is 0 Å². The molecular formula is C27H22F3NO7. The van der Waals surface area contributed by atoms with Crippen molar-refractivity contribution in [2.45, 2.75) is 32.2 Å². The molecule has 0 unspecified atom stereocenters. The molecule has 0 aliphatic heterocycles. The molecule has 3 aromatic rings. The molecule has 2 N–H and O–H groups in total. The summed E-state index contributed by atoms with van der Waals surface area (Å²) in [7, 11) is 0. The van der Waals surface area contributed by atoms with Crippen LogP contribution in [0.5, 0.6) is 0 Å². The molecule has 8 nitrogen and oxygen atoms in total. The van der Waals surface area contributed by atoms with Crippen LogP contribution in [0.2, 0.25) is 0 Å². The van der Waals surface area contributed by atoms with Gasteiger partial charge in [0.05, 0.1) is 22.4 Å². The number of ether oxygens (including phenoxy) is 2. The van der Waals surface area contributed by atoms with Gasteiger partial charge in [-0.1, -0.05) is 47.5 Å². The van der Waals surface area contributed by atoms with E-state index in [1.54, 1.807) is 26.0 Å². The van der Waals surface area contributed by atoms with Gasteiger partial charge in [-0.05, 0) is 50.2 Å². The zero-order valence-electron chi connectivity index (χ0n) is 20.1. The number of alkyl halides is 3. The van der Waals surface area contributed by atoms with E-state index in [0.717, 1.165) is 12.1 Å². The van der Waals surface area contributed by atoms with Crippen molar-refractivity contribution < 1.29 is 46.9 Å². The van der Waals surface area contributed by atoms with Gasteiger partial charge >= 0.3 is 24.1 Å². The van der Waals surface area contributed by atoms with Crippen LogP contribution in [0.15, 0.2) is 72.8 Å². The van der Waals surface area contributed by atoms with E-state index in [9.17, 15) is 37.5 Å². The fourth-order valence-electron chi connectivity index (χ4n) is 3.45. The molecule has 1 amide bonds. The van der Waals surface area contributed by atoms with Crippen LogP contribution >= 0.6 is 0 Å². The third-order valence-corrected chi connectivity index (χ3v) is 5.24. The molecule has 38 heavy (non-hydrogen) atoms. The van der Waals surface area contributed by atoms with E-state index in [1.165, 1.54) is 42.5 Å². The summed E-state index contributed by atoms with van der Waals surface area (Å²) in [5.74, 6) is -5.63. The maximum atomic E-state index is 13.4. The number of carbonyl (C=O) groups excluding carboxylic acids is 3. The lowest BCUT2D eigenvalue weighted by molar-refractivity contribution is -0.157. The zero-order valence-corrected chi connectivity index (χ0v) is 20.1. The van der Waals surface area contributed by atoms with E-state index >= 15 is 0 Å². The number of rotatable bonds is 8. The Morgan fingerprint density at radius 2 is 1.26 bits per heavy atom. The first-order chi connectivity index (χ1) is 17.9. The van der Waals surface area contributed by atoms with Gasteiger partial charge in [-0.25, -0.2) is 14.4 Å². The van der Waals surface area contributed by atoms with Crippen LogP contribution in [0.4, 0.5) is 18.9 Å². The highest BCUT2D eigenvalue weighted by Crippen LogP contribution is 2.34. The van der Waals surface area contributed by atoms with Crippen LogP contribution in [0.25, 0.3) is 0 Å². The molecule has 0 fully saturated rings. The van der Waals surface area contributed by atoms with Crippen molar-refractivity contribution in [3.05, 3.63) is 101 Å². The number of aliphatic carboxylic acids is 1. The second-order valence-corrected chi connectivity index (χ2v) is 8.26. The Kier molecular flexibility index (Phi) is 8.51. The second-order valence-electron chi connectivity index (χ2n) is 8.26. The first kappa shape index (κ1) is 27.9. The minimum absolute atomic E-state index is 0.0529. The maximum Gasteiger partial charge on any atom is 0.418 e. The lowest BCUT2D eigenvalue weighted by atomic mass is 10.1. The number of hydrogen-bond acceptors (Lipinski definition) is 6. The average Bonchev–Trinajstić information content (AvgIpc) is 2.85. The first-order valence-electron chi connectivity index (χ1n) is 11.1. The van der Waals surface area contributed by atoms with Crippen molar-refractivity contribution in [1.82, 2.24) is 0 Å². The number of carboxylic acids is 1. The number of carboxylic acid groups (broad SMARTS) is 1. The molecular weight excluding hydrogens is 507 g/mol. The van der Waals surface area contributed by atoms with Gasteiger partial charge in [0.1, 0.15) is 0 Å². The van der Waals surface area contributed by atoms with Crippen molar-refractivity contribution in [3.63, 3.8) is 0 Å². The van der Waals surface area contributed by atoms with Crippen molar-refractivity contribution in [2.24, 2.45) is 0 Å². The van der Waals surface area contributed by atoms with Gasteiger partial charge in [-0.3, -0.25) is 4.79 Å². The second kappa shape index (κ2) is 11.6. The van der Waals surface area contributed by atoms with Crippen LogP contribution in [-0.2, 0) is 25.2 Å². The van der Waals surface area contributed by atoms with E-state index in [-0.39, 0.29) is 11.1 Å². The van der Waals surface area contributed by atoms with Crippen LogP contribution in [0, 0.1) is 13.8 Å². The van der Waals surface area contributed by atoms with Crippen molar-refractivity contribution >= 4 is 29.5 Å². The maximum absolute atomic E-state index is 13.4. The highest BCUT2D eigenvalue weighted by atomic mass is 19.4. The van der Waals surface area contributed by atoms with Crippen molar-refractivity contribution in [2.75, 3.05) is 5.32 Å². The lowest BCUT2D eigenvalue weighted by Crippen LogP contribution is -2.48. The minimum Gasteiger partial charge on any atom is -0.478 e. The number of benzene rings is 3. The van der Waals surface area contributed by atoms with Crippen molar-refractivity contribution in [1.29, 1.82) is 0 Å². The van der Waals surface area contributed by atoms with E-state index in [4.69, 9.17) is 9.47 Å². The molecule has 0 spiro atoms. The SMILES string of the molecule is Cc1cccc(C(=O)O[C@@H](C(=O)O)[C@@H](OC(=O)c2cccc(C)c2)C(=O)Nc2ccccc2C(F)(F)F)c1.